The minimum absolute atomic E-state index is 0.858. The quantitative estimate of drug-likeness (QED) is 0.463. The van der Waals surface area contributed by atoms with Crippen molar-refractivity contribution in [3.8, 4) is 0 Å². The Morgan fingerprint density at radius 1 is 1.17 bits per heavy atom. The summed E-state index contributed by atoms with van der Waals surface area (Å²) in [5.41, 5.74) is 0.858. The van der Waals surface area contributed by atoms with Gasteiger partial charge in [-0.3, -0.25) is 4.79 Å². The molecular weight excluding hydrogens is 150 g/mol. The molecule has 68 valence electrons. The van der Waals surface area contributed by atoms with E-state index in [0.29, 0.717) is 0 Å². The van der Waals surface area contributed by atoms with E-state index in [4.69, 9.17) is 0 Å². The molecule has 1 fully saturated rings. The molecule has 2 nitrogen and oxygen atoms in total. The molecule has 1 aliphatic heterocycles. The van der Waals surface area contributed by atoms with Crippen molar-refractivity contribution in [1.29, 1.82) is 0 Å². The topological polar surface area (TPSA) is 20.3 Å². The molecule has 0 N–H and O–H groups in total. The van der Waals surface area contributed by atoms with Crippen LogP contribution in [0.25, 0.3) is 0 Å². The number of likely N-dealkylation sites (tertiary alicyclic amines) is 1. The highest BCUT2D eigenvalue weighted by Gasteiger charge is 2.10. The van der Waals surface area contributed by atoms with Crippen molar-refractivity contribution in [3.05, 3.63) is 11.8 Å². The van der Waals surface area contributed by atoms with Crippen LogP contribution in [0.3, 0.4) is 0 Å². The van der Waals surface area contributed by atoms with Gasteiger partial charge < -0.3 is 4.90 Å². The summed E-state index contributed by atoms with van der Waals surface area (Å²) in [5.74, 6) is 0. The van der Waals surface area contributed by atoms with Gasteiger partial charge in [-0.05, 0) is 19.8 Å². The Hall–Kier alpha value is -0.790. The van der Waals surface area contributed by atoms with Crippen LogP contribution in [0.1, 0.15) is 32.6 Å². The van der Waals surface area contributed by atoms with E-state index in [2.05, 4.69) is 4.90 Å². The van der Waals surface area contributed by atoms with Crippen LogP contribution >= 0.6 is 0 Å². The van der Waals surface area contributed by atoms with Gasteiger partial charge in [0.25, 0.3) is 0 Å². The third kappa shape index (κ3) is 2.36. The van der Waals surface area contributed by atoms with Gasteiger partial charge in [-0.1, -0.05) is 18.9 Å². The van der Waals surface area contributed by atoms with Crippen LogP contribution in [0, 0.1) is 0 Å². The van der Waals surface area contributed by atoms with Crippen molar-refractivity contribution in [2.45, 2.75) is 32.6 Å². The smallest absolute Gasteiger partial charge is 0.165 e. The van der Waals surface area contributed by atoms with Gasteiger partial charge in [0.2, 0.25) is 0 Å². The molecule has 0 atom stereocenters. The maximum absolute atomic E-state index is 10.6. The number of hydrogen-bond acceptors (Lipinski definition) is 2. The molecule has 0 aromatic rings. The van der Waals surface area contributed by atoms with E-state index in [1.807, 2.05) is 13.0 Å². The van der Waals surface area contributed by atoms with Gasteiger partial charge in [0.15, 0.2) is 6.29 Å². The molecule has 2 heteroatoms. The fourth-order valence-electron chi connectivity index (χ4n) is 1.65. The summed E-state index contributed by atoms with van der Waals surface area (Å²) in [5, 5.41) is 0. The zero-order valence-corrected chi connectivity index (χ0v) is 7.75. The highest BCUT2D eigenvalue weighted by molar-refractivity contribution is 5.72. The first-order chi connectivity index (χ1) is 5.88. The number of nitrogens with zero attached hydrogens (tertiary/aromatic N) is 1. The Balaban J connectivity index is 2.52. The second kappa shape index (κ2) is 4.96. The summed E-state index contributed by atoms with van der Waals surface area (Å²) in [6, 6.07) is 0. The summed E-state index contributed by atoms with van der Waals surface area (Å²) in [6.45, 7) is 4.03. The van der Waals surface area contributed by atoms with Crippen LogP contribution in [0.15, 0.2) is 11.8 Å². The third-order valence-corrected chi connectivity index (χ3v) is 2.39. The lowest BCUT2D eigenvalue weighted by Gasteiger charge is -2.21. The first kappa shape index (κ1) is 9.30. The fraction of sp³-hybridized carbons (Fsp3) is 0.700. The van der Waals surface area contributed by atoms with Crippen LogP contribution in [0.5, 0.6) is 0 Å². The van der Waals surface area contributed by atoms with Gasteiger partial charge in [0, 0.05) is 13.1 Å². The maximum Gasteiger partial charge on any atom is 0.165 e. The van der Waals surface area contributed by atoms with Crippen molar-refractivity contribution in [1.82, 2.24) is 4.90 Å². The van der Waals surface area contributed by atoms with E-state index >= 15 is 0 Å². The first-order valence-electron chi connectivity index (χ1n) is 4.75. The number of hydrogen-bond donors (Lipinski definition) is 0. The Kier molecular flexibility index (Phi) is 3.85. The summed E-state index contributed by atoms with van der Waals surface area (Å²) < 4.78 is 0. The Morgan fingerprint density at radius 3 is 2.17 bits per heavy atom. The van der Waals surface area contributed by atoms with Crippen molar-refractivity contribution >= 4 is 6.29 Å². The molecule has 0 spiro atoms. The third-order valence-electron chi connectivity index (χ3n) is 2.39. The number of allylic oxidation sites excluding steroid dienone is 2. The normalized spacial score (nSPS) is 20.4. The molecule has 0 radical (unpaired) electrons. The molecule has 1 saturated heterocycles. The van der Waals surface area contributed by atoms with E-state index < -0.39 is 0 Å². The number of carbonyl (C=O) groups excluding carboxylic acids is 1. The minimum atomic E-state index is 0.858. The largest absolute Gasteiger partial charge is 0.369 e. The van der Waals surface area contributed by atoms with Crippen LogP contribution in [-0.4, -0.2) is 24.3 Å². The van der Waals surface area contributed by atoms with Gasteiger partial charge >= 0.3 is 0 Å². The fourth-order valence-corrected chi connectivity index (χ4v) is 1.65. The highest BCUT2D eigenvalue weighted by atomic mass is 16.1. The number of carbonyl (C=O) groups is 1. The van der Waals surface area contributed by atoms with Crippen LogP contribution < -0.4 is 0 Å². The van der Waals surface area contributed by atoms with Gasteiger partial charge in [-0.25, -0.2) is 0 Å². The van der Waals surface area contributed by atoms with Gasteiger partial charge in [-0.15, -0.1) is 0 Å². The molecule has 0 saturated carbocycles. The standard InChI is InChI=1S/C10H17NO/c1-2-10(9-12)11-7-5-3-4-6-8-11/h2,9H,3-8H2,1H3. The molecule has 1 aliphatic rings. The van der Waals surface area contributed by atoms with Crippen LogP contribution in [-0.2, 0) is 4.79 Å². The Bertz CT molecular complexity index is 167. The van der Waals surface area contributed by atoms with E-state index in [1.165, 1.54) is 25.7 Å². The SMILES string of the molecule is CC=C(C=O)N1CCCCCC1. The summed E-state index contributed by atoms with van der Waals surface area (Å²) in [7, 11) is 0. The zero-order valence-electron chi connectivity index (χ0n) is 7.75. The number of aldehydes is 1. The zero-order chi connectivity index (χ0) is 8.81. The van der Waals surface area contributed by atoms with Crippen LogP contribution in [0.2, 0.25) is 0 Å². The molecule has 12 heavy (non-hydrogen) atoms. The summed E-state index contributed by atoms with van der Waals surface area (Å²) in [6.07, 6.45) is 7.94. The highest BCUT2D eigenvalue weighted by Crippen LogP contribution is 2.13. The number of rotatable bonds is 2. The first-order valence-corrected chi connectivity index (χ1v) is 4.75. The molecule has 0 aliphatic carbocycles. The lowest BCUT2D eigenvalue weighted by molar-refractivity contribution is -0.106. The Labute approximate surface area is 74.2 Å². The molecule has 0 bridgehead atoms. The molecule has 0 aromatic carbocycles. The van der Waals surface area contributed by atoms with Crippen molar-refractivity contribution < 1.29 is 4.79 Å². The van der Waals surface area contributed by atoms with E-state index in [-0.39, 0.29) is 0 Å². The lowest BCUT2D eigenvalue weighted by Crippen LogP contribution is -2.24. The average molecular weight is 167 g/mol. The van der Waals surface area contributed by atoms with Crippen molar-refractivity contribution in [2.75, 3.05) is 13.1 Å². The molecule has 0 aromatic heterocycles. The second-order valence-corrected chi connectivity index (χ2v) is 3.23. The van der Waals surface area contributed by atoms with Crippen LogP contribution in [0.4, 0.5) is 0 Å². The molecular formula is C10H17NO. The van der Waals surface area contributed by atoms with Gasteiger partial charge in [0.05, 0.1) is 5.70 Å². The van der Waals surface area contributed by atoms with E-state index in [0.717, 1.165) is 25.1 Å². The summed E-state index contributed by atoms with van der Waals surface area (Å²) in [4.78, 5) is 12.8. The van der Waals surface area contributed by atoms with Crippen molar-refractivity contribution in [2.24, 2.45) is 0 Å². The van der Waals surface area contributed by atoms with Crippen molar-refractivity contribution in [3.63, 3.8) is 0 Å². The minimum Gasteiger partial charge on any atom is -0.369 e. The van der Waals surface area contributed by atoms with Gasteiger partial charge in [-0.2, -0.15) is 0 Å². The molecule has 1 heterocycles. The second-order valence-electron chi connectivity index (χ2n) is 3.23. The molecule has 0 unspecified atom stereocenters. The predicted octanol–water partition coefficient (Wildman–Crippen LogP) is 1.97. The predicted molar refractivity (Wildman–Crippen MR) is 49.9 cm³/mol. The molecule has 0 amide bonds. The van der Waals surface area contributed by atoms with Gasteiger partial charge in [0.1, 0.15) is 0 Å². The Morgan fingerprint density at radius 2 is 1.75 bits per heavy atom. The monoisotopic (exact) mass is 167 g/mol. The van der Waals surface area contributed by atoms with E-state index in [1.54, 1.807) is 0 Å². The lowest BCUT2D eigenvalue weighted by atomic mass is 10.2. The van der Waals surface area contributed by atoms with E-state index in [9.17, 15) is 4.79 Å². The summed E-state index contributed by atoms with van der Waals surface area (Å²) >= 11 is 0. The average Bonchev–Trinajstić information content (AvgIpc) is 2.35. The maximum atomic E-state index is 10.6. The molecule has 1 rings (SSSR count).